The number of methoxy groups -OCH3 is 1. The molecule has 0 saturated carbocycles. The lowest BCUT2D eigenvalue weighted by atomic mass is 10.0. The summed E-state index contributed by atoms with van der Waals surface area (Å²) < 4.78 is 33.5. The lowest BCUT2D eigenvalue weighted by molar-refractivity contribution is -0.137. The molecule has 1 aromatic carbocycles. The van der Waals surface area contributed by atoms with Crippen LogP contribution < -0.4 is 0 Å². The van der Waals surface area contributed by atoms with Gasteiger partial charge in [0, 0.05) is 25.7 Å². The van der Waals surface area contributed by atoms with Crippen LogP contribution >= 0.6 is 11.8 Å². The normalized spacial score (nSPS) is 18.3. The van der Waals surface area contributed by atoms with E-state index in [9.17, 15) is 23.5 Å². The minimum Gasteiger partial charge on any atom is -0.468 e. The van der Waals surface area contributed by atoms with Gasteiger partial charge in [-0.3, -0.25) is 4.79 Å². The third-order valence-electron chi connectivity index (χ3n) is 4.86. The number of hydrogen-bond acceptors (Lipinski definition) is 5. The van der Waals surface area contributed by atoms with Crippen molar-refractivity contribution < 1.29 is 28.2 Å². The molecule has 0 bridgehead atoms. The largest absolute Gasteiger partial charge is 0.468 e. The van der Waals surface area contributed by atoms with Gasteiger partial charge in [0.05, 0.1) is 18.9 Å². The van der Waals surface area contributed by atoms with Crippen LogP contribution in [0.1, 0.15) is 18.4 Å². The first-order valence-corrected chi connectivity index (χ1v) is 10.9. The Bertz CT molecular complexity index is 733. The molecule has 0 radical (unpaired) electrons. The van der Waals surface area contributed by atoms with Crippen molar-refractivity contribution in [1.82, 2.24) is 9.80 Å². The van der Waals surface area contributed by atoms with E-state index in [1.54, 1.807) is 18.0 Å². The average molecular weight is 443 g/mol. The number of carbonyl (C=O) groups excluding carboxylic acids is 2. The molecule has 1 N–H and O–H groups in total. The van der Waals surface area contributed by atoms with Crippen molar-refractivity contribution in [2.24, 2.45) is 0 Å². The molecule has 1 aliphatic rings. The SMILES string of the molecule is COC(=O)CSCCCCN1C(=O)N(C)C[C@@H]1/C=C/C(O)C(F)(F)c1ccccc1. The summed E-state index contributed by atoms with van der Waals surface area (Å²) in [5.74, 6) is -2.64. The molecule has 1 unspecified atom stereocenters. The first kappa shape index (κ1) is 24.1. The standard InChI is InChI=1S/C21H28F2N2O4S/c1-24-14-17(10-11-18(26)21(22,23)16-8-4-3-5-9-16)25(20(24)28)12-6-7-13-30-15-19(27)29-2/h3-5,8-11,17-18,26H,6-7,12-15H2,1-2H3/b11-10+/t17-,18?/m0/s1. The summed E-state index contributed by atoms with van der Waals surface area (Å²) in [6.45, 7) is 0.845. The Hall–Kier alpha value is -2.13. The predicted octanol–water partition coefficient (Wildman–Crippen LogP) is 3.12. The summed E-state index contributed by atoms with van der Waals surface area (Å²) in [5, 5.41) is 10.1. The van der Waals surface area contributed by atoms with Crippen molar-refractivity contribution in [1.29, 1.82) is 0 Å². The summed E-state index contributed by atoms with van der Waals surface area (Å²) >= 11 is 1.47. The number of nitrogens with zero attached hydrogens (tertiary/aromatic N) is 2. The van der Waals surface area contributed by atoms with Crippen LogP contribution in [-0.2, 0) is 15.5 Å². The number of halogens is 2. The summed E-state index contributed by atoms with van der Waals surface area (Å²) in [4.78, 5) is 26.6. The Kier molecular flexibility index (Phi) is 9.10. The second kappa shape index (κ2) is 11.3. The number of unbranched alkanes of at least 4 members (excludes halogenated alkanes) is 1. The van der Waals surface area contributed by atoms with E-state index in [0.717, 1.165) is 24.7 Å². The number of thioether (sulfide) groups is 1. The molecule has 30 heavy (non-hydrogen) atoms. The maximum atomic E-state index is 14.5. The number of aliphatic hydroxyl groups excluding tert-OH is 1. The molecule has 0 spiro atoms. The van der Waals surface area contributed by atoms with E-state index in [0.29, 0.717) is 18.8 Å². The topological polar surface area (TPSA) is 70.1 Å². The first-order chi connectivity index (χ1) is 14.3. The Balaban J connectivity index is 1.89. The molecule has 2 rings (SSSR count). The molecule has 1 aromatic rings. The van der Waals surface area contributed by atoms with Crippen molar-refractivity contribution in [2.75, 3.05) is 38.8 Å². The minimum absolute atomic E-state index is 0.170. The number of likely N-dealkylation sites (N-methyl/N-ethyl adjacent to an activating group) is 1. The van der Waals surface area contributed by atoms with E-state index in [1.807, 2.05) is 0 Å². The summed E-state index contributed by atoms with van der Waals surface area (Å²) in [6.07, 6.45) is 2.09. The fourth-order valence-corrected chi connectivity index (χ4v) is 3.97. The van der Waals surface area contributed by atoms with Gasteiger partial charge < -0.3 is 19.6 Å². The molecule has 1 aliphatic heterocycles. The highest BCUT2D eigenvalue weighted by Crippen LogP contribution is 2.32. The van der Waals surface area contributed by atoms with Crippen LogP contribution in [-0.4, -0.2) is 77.8 Å². The van der Waals surface area contributed by atoms with Gasteiger partial charge >= 0.3 is 17.9 Å². The van der Waals surface area contributed by atoms with Crippen LogP contribution in [0.2, 0.25) is 0 Å². The van der Waals surface area contributed by atoms with Gasteiger partial charge in [-0.15, -0.1) is 0 Å². The van der Waals surface area contributed by atoms with E-state index in [-0.39, 0.29) is 23.6 Å². The number of amides is 2. The molecule has 1 saturated heterocycles. The van der Waals surface area contributed by atoms with Crippen LogP contribution in [0.15, 0.2) is 42.5 Å². The molecule has 9 heteroatoms. The van der Waals surface area contributed by atoms with Gasteiger partial charge in [0.1, 0.15) is 6.10 Å². The number of urea groups is 1. The predicted molar refractivity (Wildman–Crippen MR) is 113 cm³/mol. The molecule has 1 fully saturated rings. The van der Waals surface area contributed by atoms with Crippen LogP contribution in [0.3, 0.4) is 0 Å². The van der Waals surface area contributed by atoms with Crippen LogP contribution in [0.5, 0.6) is 0 Å². The minimum atomic E-state index is -3.42. The van der Waals surface area contributed by atoms with Crippen LogP contribution in [0.25, 0.3) is 0 Å². The van der Waals surface area contributed by atoms with Crippen molar-refractivity contribution in [3.63, 3.8) is 0 Å². The van der Waals surface area contributed by atoms with Crippen molar-refractivity contribution >= 4 is 23.8 Å². The van der Waals surface area contributed by atoms with E-state index in [4.69, 9.17) is 0 Å². The number of rotatable bonds is 11. The van der Waals surface area contributed by atoms with Crippen LogP contribution in [0.4, 0.5) is 13.6 Å². The van der Waals surface area contributed by atoms with Gasteiger partial charge in [0.25, 0.3) is 0 Å². The number of alkyl halides is 2. The Morgan fingerprint density at radius 3 is 2.73 bits per heavy atom. The van der Waals surface area contributed by atoms with E-state index in [1.165, 1.54) is 54.1 Å². The fourth-order valence-electron chi connectivity index (χ4n) is 3.13. The third-order valence-corrected chi connectivity index (χ3v) is 5.88. The van der Waals surface area contributed by atoms with E-state index >= 15 is 0 Å². The molecule has 1 heterocycles. The Labute approximate surface area is 179 Å². The number of esters is 1. The zero-order valence-electron chi connectivity index (χ0n) is 17.2. The highest BCUT2D eigenvalue weighted by molar-refractivity contribution is 7.99. The summed E-state index contributed by atoms with van der Waals surface area (Å²) in [6, 6.07) is 6.61. The number of carbonyl (C=O) groups is 2. The van der Waals surface area contributed by atoms with E-state index < -0.39 is 12.0 Å². The molecule has 2 amide bonds. The molecule has 0 aromatic heterocycles. The smallest absolute Gasteiger partial charge is 0.320 e. The van der Waals surface area contributed by atoms with Crippen LogP contribution in [0, 0.1) is 0 Å². The van der Waals surface area contributed by atoms with Gasteiger partial charge in [-0.2, -0.15) is 20.5 Å². The van der Waals surface area contributed by atoms with Crippen molar-refractivity contribution in [2.45, 2.75) is 30.9 Å². The molecule has 2 atom stereocenters. The Morgan fingerprint density at radius 2 is 2.07 bits per heavy atom. The molecule has 6 nitrogen and oxygen atoms in total. The maximum absolute atomic E-state index is 14.5. The van der Waals surface area contributed by atoms with Gasteiger partial charge in [-0.05, 0) is 18.6 Å². The van der Waals surface area contributed by atoms with E-state index in [2.05, 4.69) is 4.74 Å². The monoisotopic (exact) mass is 442 g/mol. The number of ether oxygens (including phenoxy) is 1. The second-order valence-electron chi connectivity index (χ2n) is 7.08. The zero-order chi connectivity index (χ0) is 22.1. The number of benzene rings is 1. The molecular weight excluding hydrogens is 414 g/mol. The molecule has 0 aliphatic carbocycles. The summed E-state index contributed by atoms with van der Waals surface area (Å²) in [5.41, 5.74) is -0.261. The second-order valence-corrected chi connectivity index (χ2v) is 8.18. The maximum Gasteiger partial charge on any atom is 0.320 e. The highest BCUT2D eigenvalue weighted by Gasteiger charge is 2.39. The van der Waals surface area contributed by atoms with Crippen molar-refractivity contribution in [3.05, 3.63) is 48.0 Å². The average Bonchev–Trinajstić information content (AvgIpc) is 3.02. The van der Waals surface area contributed by atoms with Gasteiger partial charge in [-0.1, -0.05) is 42.5 Å². The molecule has 166 valence electrons. The quantitative estimate of drug-likeness (QED) is 0.324. The third kappa shape index (κ3) is 6.43. The van der Waals surface area contributed by atoms with Crippen molar-refractivity contribution in [3.8, 4) is 0 Å². The first-order valence-electron chi connectivity index (χ1n) is 9.73. The Morgan fingerprint density at radius 1 is 1.37 bits per heavy atom. The fraction of sp³-hybridized carbons (Fsp3) is 0.524. The zero-order valence-corrected chi connectivity index (χ0v) is 18.0. The summed E-state index contributed by atoms with van der Waals surface area (Å²) in [7, 11) is 3.00. The molecular formula is C21H28F2N2O4S. The lowest BCUT2D eigenvalue weighted by Gasteiger charge is -2.23. The number of hydrogen-bond donors (Lipinski definition) is 1. The van der Waals surface area contributed by atoms with Gasteiger partial charge in [-0.25, -0.2) is 4.79 Å². The number of aliphatic hydroxyl groups is 1. The lowest BCUT2D eigenvalue weighted by Crippen LogP contribution is -2.35. The van der Waals surface area contributed by atoms with Gasteiger partial charge in [0.15, 0.2) is 0 Å². The highest BCUT2D eigenvalue weighted by atomic mass is 32.2. The van der Waals surface area contributed by atoms with Gasteiger partial charge in [0.2, 0.25) is 0 Å².